The molecule has 1 rings (SSSR count). The molecule has 0 saturated carbocycles. The maximum Gasteiger partial charge on any atom is 0.333 e. The number of anilines is 1. The third-order valence-corrected chi connectivity index (χ3v) is 2.12. The fraction of sp³-hybridized carbons (Fsp3) is 0.231. The molecule has 5 heteroatoms. The lowest BCUT2D eigenvalue weighted by atomic mass is 10.2. The molecule has 0 spiro atoms. The number of hydrogen-bond donors (Lipinski definition) is 2. The van der Waals surface area contributed by atoms with Crippen LogP contribution in [0.2, 0.25) is 0 Å². The molecule has 1 aromatic carbocycles. The Morgan fingerprint density at radius 1 is 1.44 bits per heavy atom. The summed E-state index contributed by atoms with van der Waals surface area (Å²) in [5, 5.41) is 2.62. The van der Waals surface area contributed by atoms with Crippen LogP contribution in [0.25, 0.3) is 0 Å². The molecule has 0 heterocycles. The normalized spacial score (nSPS) is 9.61. The highest BCUT2D eigenvalue weighted by Gasteiger charge is 2.06. The van der Waals surface area contributed by atoms with E-state index in [9.17, 15) is 9.59 Å². The number of carbonyl (C=O) groups is 2. The zero-order chi connectivity index (χ0) is 13.5. The number of nitrogens with one attached hydrogen (secondary N) is 1. The van der Waals surface area contributed by atoms with Crippen LogP contribution in [0.1, 0.15) is 17.3 Å². The Hall–Kier alpha value is -2.30. The average Bonchev–Trinajstić information content (AvgIpc) is 2.33. The van der Waals surface area contributed by atoms with Gasteiger partial charge in [-0.3, -0.25) is 4.79 Å². The summed E-state index contributed by atoms with van der Waals surface area (Å²) in [4.78, 5) is 22.7. The van der Waals surface area contributed by atoms with E-state index in [0.29, 0.717) is 16.8 Å². The Morgan fingerprint density at radius 2 is 2.17 bits per heavy atom. The molecule has 1 aromatic rings. The molecule has 0 saturated heterocycles. The Morgan fingerprint density at radius 3 is 2.78 bits per heavy atom. The van der Waals surface area contributed by atoms with E-state index >= 15 is 0 Å². The summed E-state index contributed by atoms with van der Waals surface area (Å²) in [6, 6.07) is 6.64. The third-order valence-electron chi connectivity index (χ3n) is 2.12. The highest BCUT2D eigenvalue weighted by atomic mass is 16.5. The van der Waals surface area contributed by atoms with Crippen molar-refractivity contribution in [2.75, 3.05) is 18.9 Å². The molecule has 0 aliphatic heterocycles. The van der Waals surface area contributed by atoms with Gasteiger partial charge < -0.3 is 15.8 Å². The second-order valence-corrected chi connectivity index (χ2v) is 3.80. The smallest absolute Gasteiger partial charge is 0.333 e. The van der Waals surface area contributed by atoms with Gasteiger partial charge in [0.05, 0.1) is 6.54 Å². The van der Waals surface area contributed by atoms with Gasteiger partial charge in [0.25, 0.3) is 5.91 Å². The molecule has 0 atom stereocenters. The molecule has 0 aromatic heterocycles. The molecule has 18 heavy (non-hydrogen) atoms. The van der Waals surface area contributed by atoms with Crippen molar-refractivity contribution in [2.24, 2.45) is 0 Å². The predicted molar refractivity (Wildman–Crippen MR) is 69.0 cm³/mol. The summed E-state index contributed by atoms with van der Waals surface area (Å²) in [5.74, 6) is -0.720. The van der Waals surface area contributed by atoms with E-state index in [1.807, 2.05) is 0 Å². The highest BCUT2D eigenvalue weighted by Crippen LogP contribution is 2.05. The second kappa shape index (κ2) is 6.44. The molecule has 1 amide bonds. The van der Waals surface area contributed by atoms with Crippen LogP contribution in [-0.2, 0) is 9.53 Å². The fourth-order valence-corrected chi connectivity index (χ4v) is 1.21. The lowest BCUT2D eigenvalue weighted by molar-refractivity contribution is -0.138. The van der Waals surface area contributed by atoms with E-state index in [-0.39, 0.29) is 19.1 Å². The molecule has 96 valence electrons. The maximum atomic E-state index is 11.7. The minimum Gasteiger partial charge on any atom is -0.460 e. The SMILES string of the molecule is C=C(C)C(=O)OCCNC(=O)c1cccc(N)c1. The first kappa shape index (κ1) is 13.8. The van der Waals surface area contributed by atoms with Gasteiger partial charge in [0.15, 0.2) is 0 Å². The number of carbonyl (C=O) groups excluding carboxylic acids is 2. The second-order valence-electron chi connectivity index (χ2n) is 3.80. The van der Waals surface area contributed by atoms with Crippen molar-refractivity contribution in [1.82, 2.24) is 5.32 Å². The van der Waals surface area contributed by atoms with E-state index in [1.54, 1.807) is 31.2 Å². The summed E-state index contributed by atoms with van der Waals surface area (Å²) in [5.41, 5.74) is 6.89. The van der Waals surface area contributed by atoms with Gasteiger partial charge in [-0.05, 0) is 25.1 Å². The van der Waals surface area contributed by atoms with Gasteiger partial charge in [0, 0.05) is 16.8 Å². The fourth-order valence-electron chi connectivity index (χ4n) is 1.21. The summed E-state index contributed by atoms with van der Waals surface area (Å²) < 4.78 is 4.84. The third kappa shape index (κ3) is 4.29. The number of benzene rings is 1. The summed E-state index contributed by atoms with van der Waals surface area (Å²) >= 11 is 0. The lowest BCUT2D eigenvalue weighted by Crippen LogP contribution is -2.28. The predicted octanol–water partition coefficient (Wildman–Crippen LogP) is 1.12. The number of nitrogens with two attached hydrogens (primary N) is 1. The molecular formula is C13H16N2O3. The summed E-state index contributed by atoms with van der Waals surface area (Å²) in [6.45, 7) is 5.37. The number of amides is 1. The monoisotopic (exact) mass is 248 g/mol. The first-order chi connectivity index (χ1) is 8.50. The van der Waals surface area contributed by atoms with Crippen molar-refractivity contribution in [3.63, 3.8) is 0 Å². The lowest BCUT2D eigenvalue weighted by Gasteiger charge is -2.07. The number of ether oxygens (including phenoxy) is 1. The molecule has 0 radical (unpaired) electrons. The molecule has 0 bridgehead atoms. The zero-order valence-electron chi connectivity index (χ0n) is 10.2. The quantitative estimate of drug-likeness (QED) is 0.354. The zero-order valence-corrected chi connectivity index (χ0v) is 10.2. The van der Waals surface area contributed by atoms with Crippen LogP contribution in [0.4, 0.5) is 5.69 Å². The Bertz CT molecular complexity index is 469. The molecule has 3 N–H and O–H groups in total. The molecule has 0 fully saturated rings. The topological polar surface area (TPSA) is 81.4 Å². The Balaban J connectivity index is 2.34. The highest BCUT2D eigenvalue weighted by molar-refractivity contribution is 5.95. The minimum absolute atomic E-state index is 0.111. The van der Waals surface area contributed by atoms with Crippen molar-refractivity contribution in [2.45, 2.75) is 6.92 Å². The molecular weight excluding hydrogens is 232 g/mol. The van der Waals surface area contributed by atoms with Crippen molar-refractivity contribution in [3.8, 4) is 0 Å². The molecule has 5 nitrogen and oxygen atoms in total. The van der Waals surface area contributed by atoms with Crippen molar-refractivity contribution < 1.29 is 14.3 Å². The van der Waals surface area contributed by atoms with Gasteiger partial charge in [-0.25, -0.2) is 4.79 Å². The molecule has 0 aliphatic carbocycles. The summed E-state index contributed by atoms with van der Waals surface area (Å²) in [6.07, 6.45) is 0. The number of rotatable bonds is 5. The van der Waals surface area contributed by atoms with Crippen LogP contribution in [0.5, 0.6) is 0 Å². The van der Waals surface area contributed by atoms with Crippen LogP contribution in [0, 0.1) is 0 Å². The average molecular weight is 248 g/mol. The first-order valence-corrected chi connectivity index (χ1v) is 5.47. The van der Waals surface area contributed by atoms with Crippen LogP contribution >= 0.6 is 0 Å². The van der Waals surface area contributed by atoms with E-state index in [2.05, 4.69) is 11.9 Å². The number of hydrogen-bond acceptors (Lipinski definition) is 4. The van der Waals surface area contributed by atoms with Crippen LogP contribution in [0.15, 0.2) is 36.4 Å². The van der Waals surface area contributed by atoms with Crippen molar-refractivity contribution in [3.05, 3.63) is 42.0 Å². The standard InChI is InChI=1S/C13H16N2O3/c1-9(2)13(17)18-7-6-15-12(16)10-4-3-5-11(14)8-10/h3-5,8H,1,6-7,14H2,2H3,(H,15,16). The van der Waals surface area contributed by atoms with Crippen molar-refractivity contribution in [1.29, 1.82) is 0 Å². The molecule has 0 aliphatic rings. The van der Waals surface area contributed by atoms with E-state index < -0.39 is 5.97 Å². The van der Waals surface area contributed by atoms with Gasteiger partial charge in [-0.2, -0.15) is 0 Å². The summed E-state index contributed by atoms with van der Waals surface area (Å²) in [7, 11) is 0. The van der Waals surface area contributed by atoms with Gasteiger partial charge >= 0.3 is 5.97 Å². The van der Waals surface area contributed by atoms with E-state index in [1.165, 1.54) is 0 Å². The maximum absolute atomic E-state index is 11.7. The Labute approximate surface area is 106 Å². The Kier molecular flexibility index (Phi) is 4.92. The van der Waals surface area contributed by atoms with E-state index in [0.717, 1.165) is 0 Å². The van der Waals surface area contributed by atoms with Crippen LogP contribution in [-0.4, -0.2) is 25.0 Å². The number of esters is 1. The van der Waals surface area contributed by atoms with Gasteiger partial charge in [-0.15, -0.1) is 0 Å². The van der Waals surface area contributed by atoms with Gasteiger partial charge in [0.2, 0.25) is 0 Å². The van der Waals surface area contributed by atoms with Crippen molar-refractivity contribution >= 4 is 17.6 Å². The van der Waals surface area contributed by atoms with Crippen LogP contribution in [0.3, 0.4) is 0 Å². The van der Waals surface area contributed by atoms with Crippen LogP contribution < -0.4 is 11.1 Å². The number of nitrogen functional groups attached to an aromatic ring is 1. The molecule has 0 unspecified atom stereocenters. The first-order valence-electron chi connectivity index (χ1n) is 5.47. The van der Waals surface area contributed by atoms with E-state index in [4.69, 9.17) is 10.5 Å². The van der Waals surface area contributed by atoms with Gasteiger partial charge in [0.1, 0.15) is 6.61 Å². The largest absolute Gasteiger partial charge is 0.460 e. The minimum atomic E-state index is -0.465. The van der Waals surface area contributed by atoms with Gasteiger partial charge in [-0.1, -0.05) is 12.6 Å².